The van der Waals surface area contributed by atoms with Crippen molar-refractivity contribution in [3.8, 4) is 0 Å². The third-order valence-electron chi connectivity index (χ3n) is 8.07. The average molecular weight is 477 g/mol. The molecule has 0 amide bonds. The van der Waals surface area contributed by atoms with Crippen LogP contribution < -0.4 is 0 Å². The van der Waals surface area contributed by atoms with Gasteiger partial charge in [0.25, 0.3) is 0 Å². The smallest absolute Gasteiger partial charge is 0.164 e. The van der Waals surface area contributed by atoms with Crippen LogP contribution in [0.5, 0.6) is 0 Å². The first-order valence-corrected chi connectivity index (χ1v) is 12.9. The molecule has 0 heterocycles. The Balaban J connectivity index is 1.33. The van der Waals surface area contributed by atoms with Crippen molar-refractivity contribution in [1.82, 2.24) is 0 Å². The third-order valence-corrected chi connectivity index (χ3v) is 8.07. The van der Waals surface area contributed by atoms with Crippen molar-refractivity contribution in [2.24, 2.45) is 5.92 Å². The van der Waals surface area contributed by atoms with Gasteiger partial charge in [-0.25, -0.2) is 17.6 Å². The average Bonchev–Trinajstić information content (AvgIpc) is 2.85. The van der Waals surface area contributed by atoms with Crippen LogP contribution in [0.15, 0.2) is 24.3 Å². The van der Waals surface area contributed by atoms with Gasteiger partial charge in [0, 0.05) is 5.56 Å². The molecule has 4 rings (SSSR count). The molecular formula is C29H36F4O. The predicted molar refractivity (Wildman–Crippen MR) is 127 cm³/mol. The maximum absolute atomic E-state index is 15.1. The SMILES string of the molecule is CCCC1CCC(c2ccc(C3CCC(OCc4ccc(C)c(F)c4F)CC3)c(F)c2F)CC1. The number of hydrogen-bond acceptors (Lipinski definition) is 1. The van der Waals surface area contributed by atoms with Gasteiger partial charge in [-0.15, -0.1) is 0 Å². The molecule has 2 aliphatic rings. The Labute approximate surface area is 200 Å². The molecule has 2 aliphatic carbocycles. The quantitative estimate of drug-likeness (QED) is 0.363. The molecule has 5 heteroatoms. The molecule has 0 bridgehead atoms. The van der Waals surface area contributed by atoms with Crippen molar-refractivity contribution in [3.05, 3.63) is 69.8 Å². The summed E-state index contributed by atoms with van der Waals surface area (Å²) in [6, 6.07) is 6.71. The fourth-order valence-corrected chi connectivity index (χ4v) is 5.93. The second-order valence-corrected chi connectivity index (χ2v) is 10.3. The fraction of sp³-hybridized carbons (Fsp3) is 0.586. The van der Waals surface area contributed by atoms with Gasteiger partial charge >= 0.3 is 0 Å². The first kappa shape index (κ1) is 25.2. The highest BCUT2D eigenvalue weighted by Gasteiger charge is 2.30. The van der Waals surface area contributed by atoms with E-state index in [1.807, 2.05) is 6.07 Å². The molecule has 2 fully saturated rings. The summed E-state index contributed by atoms with van der Waals surface area (Å²) in [4.78, 5) is 0. The Morgan fingerprint density at radius 2 is 1.26 bits per heavy atom. The molecule has 186 valence electrons. The monoisotopic (exact) mass is 476 g/mol. The second kappa shape index (κ2) is 11.2. The largest absolute Gasteiger partial charge is 0.373 e. The molecule has 0 aromatic heterocycles. The molecule has 2 aromatic carbocycles. The Bertz CT molecular complexity index is 973. The van der Waals surface area contributed by atoms with Gasteiger partial charge < -0.3 is 4.74 Å². The van der Waals surface area contributed by atoms with Gasteiger partial charge in [-0.1, -0.05) is 44.0 Å². The number of halogens is 4. The van der Waals surface area contributed by atoms with E-state index in [1.54, 1.807) is 18.2 Å². The minimum atomic E-state index is -0.856. The maximum Gasteiger partial charge on any atom is 0.164 e. The number of benzene rings is 2. The van der Waals surface area contributed by atoms with Gasteiger partial charge in [-0.3, -0.25) is 0 Å². The van der Waals surface area contributed by atoms with Crippen LogP contribution in [0, 0.1) is 36.1 Å². The van der Waals surface area contributed by atoms with Gasteiger partial charge in [0.2, 0.25) is 0 Å². The van der Waals surface area contributed by atoms with E-state index in [9.17, 15) is 8.78 Å². The standard InChI is InChI=1S/C29H36F4O/c1-3-4-19-6-9-20(10-7-19)24-15-16-25(29(33)28(24)32)21-11-13-23(14-12-21)34-17-22-8-5-18(2)26(30)27(22)31/h5,8,15-16,19-21,23H,3-4,6-7,9-14,17H2,1-2H3. The summed E-state index contributed by atoms with van der Waals surface area (Å²) < 4.78 is 63.8. The Morgan fingerprint density at radius 1 is 0.706 bits per heavy atom. The molecule has 0 N–H and O–H groups in total. The van der Waals surface area contributed by atoms with Gasteiger partial charge in [0.15, 0.2) is 23.3 Å². The first-order chi connectivity index (χ1) is 16.4. The van der Waals surface area contributed by atoms with Gasteiger partial charge in [-0.2, -0.15) is 0 Å². The molecule has 2 aromatic rings. The molecule has 2 saturated carbocycles. The summed E-state index contributed by atoms with van der Waals surface area (Å²) in [5.74, 6) is -2.23. The van der Waals surface area contributed by atoms with E-state index in [1.165, 1.54) is 19.8 Å². The molecule has 34 heavy (non-hydrogen) atoms. The van der Waals surface area contributed by atoms with Crippen molar-refractivity contribution < 1.29 is 22.3 Å². The normalized spacial score (nSPS) is 25.5. The van der Waals surface area contributed by atoms with E-state index in [0.717, 1.165) is 31.6 Å². The van der Waals surface area contributed by atoms with Crippen molar-refractivity contribution in [3.63, 3.8) is 0 Å². The fourth-order valence-electron chi connectivity index (χ4n) is 5.93. The van der Waals surface area contributed by atoms with E-state index in [-0.39, 0.29) is 35.7 Å². The summed E-state index contributed by atoms with van der Waals surface area (Å²) >= 11 is 0. The lowest BCUT2D eigenvalue weighted by Gasteiger charge is -2.31. The minimum absolute atomic E-state index is 0.0105. The van der Waals surface area contributed by atoms with Crippen LogP contribution in [0.3, 0.4) is 0 Å². The third kappa shape index (κ3) is 5.50. The zero-order chi connectivity index (χ0) is 24.2. The summed E-state index contributed by atoms with van der Waals surface area (Å²) in [7, 11) is 0. The van der Waals surface area contributed by atoms with Crippen LogP contribution in [0.4, 0.5) is 17.6 Å². The highest BCUT2D eigenvalue weighted by Crippen LogP contribution is 2.41. The summed E-state index contributed by atoms with van der Waals surface area (Å²) in [5.41, 5.74) is 1.48. The molecular weight excluding hydrogens is 440 g/mol. The zero-order valence-corrected chi connectivity index (χ0v) is 20.3. The Morgan fingerprint density at radius 3 is 1.82 bits per heavy atom. The lowest BCUT2D eigenvalue weighted by Crippen LogP contribution is -2.22. The van der Waals surface area contributed by atoms with Gasteiger partial charge in [0.1, 0.15) is 0 Å². The number of ether oxygens (including phenoxy) is 1. The van der Waals surface area contributed by atoms with E-state index in [4.69, 9.17) is 4.74 Å². The lowest BCUT2D eigenvalue weighted by molar-refractivity contribution is 0.0116. The van der Waals surface area contributed by atoms with E-state index >= 15 is 8.78 Å². The molecule has 0 unspecified atom stereocenters. The molecule has 0 spiro atoms. The molecule has 0 atom stereocenters. The topological polar surface area (TPSA) is 9.23 Å². The van der Waals surface area contributed by atoms with Crippen LogP contribution in [-0.2, 0) is 11.3 Å². The number of hydrogen-bond donors (Lipinski definition) is 0. The van der Waals surface area contributed by atoms with Gasteiger partial charge in [0.05, 0.1) is 12.7 Å². The predicted octanol–water partition coefficient (Wildman–Crippen LogP) is 8.87. The van der Waals surface area contributed by atoms with Gasteiger partial charge in [-0.05, 0) is 92.7 Å². The lowest BCUT2D eigenvalue weighted by atomic mass is 9.76. The van der Waals surface area contributed by atoms with E-state index < -0.39 is 23.3 Å². The highest BCUT2D eigenvalue weighted by atomic mass is 19.2. The molecule has 0 aliphatic heterocycles. The minimum Gasteiger partial charge on any atom is -0.373 e. The van der Waals surface area contributed by atoms with Crippen molar-refractivity contribution in [2.75, 3.05) is 0 Å². The second-order valence-electron chi connectivity index (χ2n) is 10.3. The van der Waals surface area contributed by atoms with Crippen LogP contribution in [-0.4, -0.2) is 6.10 Å². The van der Waals surface area contributed by atoms with Crippen molar-refractivity contribution >= 4 is 0 Å². The Hall–Kier alpha value is -1.88. The maximum atomic E-state index is 15.1. The summed E-state index contributed by atoms with van der Waals surface area (Å²) in [5, 5.41) is 0. The summed E-state index contributed by atoms with van der Waals surface area (Å²) in [6.07, 6.45) is 9.15. The van der Waals surface area contributed by atoms with Crippen molar-refractivity contribution in [2.45, 2.75) is 103 Å². The first-order valence-electron chi connectivity index (χ1n) is 12.9. The number of rotatable bonds is 7. The van der Waals surface area contributed by atoms with Crippen LogP contribution >= 0.6 is 0 Å². The highest BCUT2D eigenvalue weighted by molar-refractivity contribution is 5.32. The van der Waals surface area contributed by atoms with Crippen LogP contribution in [0.25, 0.3) is 0 Å². The number of aryl methyl sites for hydroxylation is 1. The van der Waals surface area contributed by atoms with E-state index in [0.29, 0.717) is 36.8 Å². The zero-order valence-electron chi connectivity index (χ0n) is 20.3. The van der Waals surface area contributed by atoms with Crippen LogP contribution in [0.2, 0.25) is 0 Å². The summed E-state index contributed by atoms with van der Waals surface area (Å²) in [6.45, 7) is 3.73. The van der Waals surface area contributed by atoms with Crippen molar-refractivity contribution in [1.29, 1.82) is 0 Å². The molecule has 1 nitrogen and oxygen atoms in total. The molecule has 0 saturated heterocycles. The van der Waals surface area contributed by atoms with Crippen LogP contribution in [0.1, 0.15) is 105 Å². The van der Waals surface area contributed by atoms with E-state index in [2.05, 4.69) is 6.92 Å². The molecule has 0 radical (unpaired) electrons. The Kier molecular flexibility index (Phi) is 8.34.